The molecule has 1 unspecified atom stereocenters. The van der Waals surface area contributed by atoms with Crippen LogP contribution < -0.4 is 5.32 Å². The zero-order valence-corrected chi connectivity index (χ0v) is 9.44. The molecule has 0 aliphatic heterocycles. The molecule has 0 aromatic heterocycles. The average molecular weight is 227 g/mol. The standard InChI is InChI=1S/C15H14FN/c1-2-15(12-6-4-3-5-7-12)17-14-10-8-13(16)9-11-14/h2-11,15,17H,1H2. The molecule has 1 nitrogen and oxygen atoms in total. The maximum atomic E-state index is 12.8. The molecule has 2 rings (SSSR count). The Morgan fingerprint density at radius 1 is 1.00 bits per heavy atom. The van der Waals surface area contributed by atoms with Crippen molar-refractivity contribution in [2.24, 2.45) is 0 Å². The maximum Gasteiger partial charge on any atom is 0.123 e. The van der Waals surface area contributed by atoms with Crippen molar-refractivity contribution >= 4 is 5.69 Å². The molecule has 1 N–H and O–H groups in total. The Bertz CT molecular complexity index is 476. The van der Waals surface area contributed by atoms with Gasteiger partial charge >= 0.3 is 0 Å². The van der Waals surface area contributed by atoms with E-state index in [0.29, 0.717) is 0 Å². The lowest BCUT2D eigenvalue weighted by molar-refractivity contribution is 0.628. The fourth-order valence-electron chi connectivity index (χ4n) is 1.66. The van der Waals surface area contributed by atoms with Gasteiger partial charge in [-0.3, -0.25) is 0 Å². The minimum absolute atomic E-state index is 0.0293. The summed E-state index contributed by atoms with van der Waals surface area (Å²) in [6, 6.07) is 16.3. The van der Waals surface area contributed by atoms with Crippen LogP contribution in [0.15, 0.2) is 67.3 Å². The van der Waals surface area contributed by atoms with Crippen molar-refractivity contribution < 1.29 is 4.39 Å². The molecule has 2 heteroatoms. The highest BCUT2D eigenvalue weighted by Gasteiger charge is 2.06. The first-order valence-corrected chi connectivity index (χ1v) is 5.49. The zero-order chi connectivity index (χ0) is 12.1. The number of nitrogens with one attached hydrogen (secondary N) is 1. The van der Waals surface area contributed by atoms with Gasteiger partial charge in [0.2, 0.25) is 0 Å². The molecule has 0 heterocycles. The van der Waals surface area contributed by atoms with Crippen molar-refractivity contribution in [3.05, 3.63) is 78.6 Å². The second-order valence-corrected chi connectivity index (χ2v) is 3.78. The van der Waals surface area contributed by atoms with Gasteiger partial charge in [-0.05, 0) is 29.8 Å². The Balaban J connectivity index is 2.16. The molecule has 0 bridgehead atoms. The number of benzene rings is 2. The number of hydrogen-bond acceptors (Lipinski definition) is 1. The molecular weight excluding hydrogens is 213 g/mol. The quantitative estimate of drug-likeness (QED) is 0.773. The number of hydrogen-bond donors (Lipinski definition) is 1. The SMILES string of the molecule is C=CC(Nc1ccc(F)cc1)c1ccccc1. The first-order chi connectivity index (χ1) is 8.29. The molecule has 86 valence electrons. The van der Waals surface area contributed by atoms with Gasteiger partial charge in [-0.1, -0.05) is 36.4 Å². The van der Waals surface area contributed by atoms with E-state index < -0.39 is 0 Å². The van der Waals surface area contributed by atoms with Crippen LogP contribution in [0.25, 0.3) is 0 Å². The highest BCUT2D eigenvalue weighted by molar-refractivity contribution is 5.46. The molecule has 17 heavy (non-hydrogen) atoms. The fraction of sp³-hybridized carbons (Fsp3) is 0.0667. The smallest absolute Gasteiger partial charge is 0.123 e. The Morgan fingerprint density at radius 2 is 1.65 bits per heavy atom. The van der Waals surface area contributed by atoms with Crippen molar-refractivity contribution in [1.82, 2.24) is 0 Å². The average Bonchev–Trinajstić information content (AvgIpc) is 2.39. The second kappa shape index (κ2) is 5.30. The molecule has 0 aliphatic carbocycles. The molecule has 1 atom stereocenters. The van der Waals surface area contributed by atoms with E-state index in [1.54, 1.807) is 12.1 Å². The van der Waals surface area contributed by atoms with Gasteiger partial charge in [0.25, 0.3) is 0 Å². The summed E-state index contributed by atoms with van der Waals surface area (Å²) in [6.07, 6.45) is 1.83. The topological polar surface area (TPSA) is 12.0 Å². The summed E-state index contributed by atoms with van der Waals surface area (Å²) in [5, 5.41) is 3.29. The maximum absolute atomic E-state index is 12.8. The molecule has 0 saturated heterocycles. The molecule has 0 fully saturated rings. The van der Waals surface area contributed by atoms with Gasteiger partial charge in [0.05, 0.1) is 6.04 Å². The third-order valence-electron chi connectivity index (χ3n) is 2.56. The third-order valence-corrected chi connectivity index (χ3v) is 2.56. The van der Waals surface area contributed by atoms with Crippen LogP contribution in [0.2, 0.25) is 0 Å². The fourth-order valence-corrected chi connectivity index (χ4v) is 1.66. The summed E-state index contributed by atoms with van der Waals surface area (Å²) in [5.41, 5.74) is 2.01. The highest BCUT2D eigenvalue weighted by atomic mass is 19.1. The van der Waals surface area contributed by atoms with Crippen LogP contribution in [-0.2, 0) is 0 Å². The third kappa shape index (κ3) is 2.94. The minimum atomic E-state index is -0.231. The minimum Gasteiger partial charge on any atom is -0.375 e. The molecule has 2 aromatic carbocycles. The van der Waals surface area contributed by atoms with Crippen molar-refractivity contribution in [1.29, 1.82) is 0 Å². The molecule has 2 aromatic rings. The van der Waals surface area contributed by atoms with Crippen LogP contribution >= 0.6 is 0 Å². The van der Waals surface area contributed by atoms with Gasteiger partial charge in [0, 0.05) is 5.69 Å². The molecular formula is C15H14FN. The summed E-state index contributed by atoms with van der Waals surface area (Å²) in [7, 11) is 0. The van der Waals surface area contributed by atoms with E-state index in [1.807, 2.05) is 36.4 Å². The lowest BCUT2D eigenvalue weighted by Gasteiger charge is -2.16. The van der Waals surface area contributed by atoms with E-state index in [1.165, 1.54) is 12.1 Å². The summed E-state index contributed by atoms with van der Waals surface area (Å²) in [6.45, 7) is 3.81. The Kier molecular flexibility index (Phi) is 3.55. The Labute approximate surface area is 101 Å². The van der Waals surface area contributed by atoms with E-state index in [4.69, 9.17) is 0 Å². The van der Waals surface area contributed by atoms with E-state index in [9.17, 15) is 4.39 Å². The first kappa shape index (κ1) is 11.4. The van der Waals surface area contributed by atoms with Crippen LogP contribution in [0.4, 0.5) is 10.1 Å². The first-order valence-electron chi connectivity index (χ1n) is 5.49. The van der Waals surface area contributed by atoms with Crippen LogP contribution in [0.3, 0.4) is 0 Å². The number of halogens is 1. The van der Waals surface area contributed by atoms with Gasteiger partial charge < -0.3 is 5.32 Å². The predicted molar refractivity (Wildman–Crippen MR) is 69.4 cm³/mol. The number of rotatable bonds is 4. The lowest BCUT2D eigenvalue weighted by Crippen LogP contribution is -2.07. The van der Waals surface area contributed by atoms with Crippen molar-refractivity contribution in [2.45, 2.75) is 6.04 Å². The normalized spacial score (nSPS) is 11.8. The van der Waals surface area contributed by atoms with Crippen molar-refractivity contribution in [3.63, 3.8) is 0 Å². The molecule has 0 saturated carbocycles. The van der Waals surface area contributed by atoms with Crippen LogP contribution in [-0.4, -0.2) is 0 Å². The zero-order valence-electron chi connectivity index (χ0n) is 9.44. The van der Waals surface area contributed by atoms with E-state index in [0.717, 1.165) is 11.3 Å². The number of anilines is 1. The Hall–Kier alpha value is -2.09. The molecule has 0 spiro atoms. The lowest BCUT2D eigenvalue weighted by atomic mass is 10.1. The van der Waals surface area contributed by atoms with Crippen LogP contribution in [0.1, 0.15) is 11.6 Å². The molecule has 0 aliphatic rings. The van der Waals surface area contributed by atoms with Gasteiger partial charge in [-0.15, -0.1) is 6.58 Å². The molecule has 0 radical (unpaired) electrons. The summed E-state index contributed by atoms with van der Waals surface area (Å²) in [4.78, 5) is 0. The Morgan fingerprint density at radius 3 is 2.24 bits per heavy atom. The van der Waals surface area contributed by atoms with Crippen molar-refractivity contribution in [3.8, 4) is 0 Å². The predicted octanol–water partition coefficient (Wildman–Crippen LogP) is 4.16. The largest absolute Gasteiger partial charge is 0.375 e. The summed E-state index contributed by atoms with van der Waals surface area (Å²) < 4.78 is 12.8. The van der Waals surface area contributed by atoms with E-state index >= 15 is 0 Å². The van der Waals surface area contributed by atoms with E-state index in [2.05, 4.69) is 11.9 Å². The molecule has 0 amide bonds. The summed E-state index contributed by atoms with van der Waals surface area (Å²) in [5.74, 6) is -0.231. The van der Waals surface area contributed by atoms with Gasteiger partial charge in [-0.2, -0.15) is 0 Å². The van der Waals surface area contributed by atoms with Crippen LogP contribution in [0.5, 0.6) is 0 Å². The van der Waals surface area contributed by atoms with E-state index in [-0.39, 0.29) is 11.9 Å². The monoisotopic (exact) mass is 227 g/mol. The van der Waals surface area contributed by atoms with Gasteiger partial charge in [-0.25, -0.2) is 4.39 Å². The highest BCUT2D eigenvalue weighted by Crippen LogP contribution is 2.20. The van der Waals surface area contributed by atoms with Crippen molar-refractivity contribution in [2.75, 3.05) is 5.32 Å². The summed E-state index contributed by atoms with van der Waals surface area (Å²) >= 11 is 0. The van der Waals surface area contributed by atoms with Crippen LogP contribution in [0, 0.1) is 5.82 Å². The van der Waals surface area contributed by atoms with Gasteiger partial charge in [0.15, 0.2) is 0 Å². The second-order valence-electron chi connectivity index (χ2n) is 3.78. The van der Waals surface area contributed by atoms with Gasteiger partial charge in [0.1, 0.15) is 5.82 Å².